The smallest absolute Gasteiger partial charge is 0.150 e. The van der Waals surface area contributed by atoms with Gasteiger partial charge in [-0.2, -0.15) is 0 Å². The van der Waals surface area contributed by atoms with Crippen LogP contribution in [0.5, 0.6) is 5.75 Å². The summed E-state index contributed by atoms with van der Waals surface area (Å²) in [6.45, 7) is 0. The predicted molar refractivity (Wildman–Crippen MR) is 43.8 cm³/mol. The molecule has 4 nitrogen and oxygen atoms in total. The average molecular weight is 167 g/mol. The zero-order chi connectivity index (χ0) is 8.97. The molecule has 2 N–H and O–H groups in total. The van der Waals surface area contributed by atoms with E-state index in [0.29, 0.717) is 23.3 Å². The van der Waals surface area contributed by atoms with Crippen LogP contribution in [0.2, 0.25) is 0 Å². The molecule has 0 atom stereocenters. The number of hydrogen-bond donors (Lipinski definition) is 2. The number of ether oxygens (including phenoxy) is 1. The van der Waals surface area contributed by atoms with Gasteiger partial charge in [0.1, 0.15) is 17.7 Å². The van der Waals surface area contributed by atoms with Gasteiger partial charge >= 0.3 is 0 Å². The molecule has 0 unspecified atom stereocenters. The van der Waals surface area contributed by atoms with Crippen molar-refractivity contribution in [3.8, 4) is 5.75 Å². The van der Waals surface area contributed by atoms with Gasteiger partial charge in [0.25, 0.3) is 0 Å². The van der Waals surface area contributed by atoms with Crippen molar-refractivity contribution in [3.05, 3.63) is 23.8 Å². The van der Waals surface area contributed by atoms with Crippen LogP contribution in [0.15, 0.2) is 18.2 Å². The number of aldehydes is 1. The molecule has 0 aliphatic heterocycles. The fourth-order valence-corrected chi connectivity index (χ4v) is 0.886. The minimum absolute atomic E-state index is 0.377. The maximum Gasteiger partial charge on any atom is 0.150 e. The summed E-state index contributed by atoms with van der Waals surface area (Å²) in [5, 5.41) is 8.62. The highest BCUT2D eigenvalue weighted by Crippen LogP contribution is 2.23. The van der Waals surface area contributed by atoms with E-state index in [-0.39, 0.29) is 0 Å². The molecule has 1 rings (SSSR count). The Morgan fingerprint density at radius 1 is 1.58 bits per heavy atom. The van der Waals surface area contributed by atoms with Gasteiger partial charge in [-0.3, -0.25) is 15.5 Å². The van der Waals surface area contributed by atoms with E-state index in [4.69, 9.17) is 9.94 Å². The van der Waals surface area contributed by atoms with Crippen molar-refractivity contribution in [2.24, 2.45) is 0 Å². The van der Waals surface area contributed by atoms with Gasteiger partial charge in [0.2, 0.25) is 0 Å². The highest BCUT2D eigenvalue weighted by molar-refractivity contribution is 5.78. The first-order valence-electron chi connectivity index (χ1n) is 3.35. The first kappa shape index (κ1) is 8.55. The summed E-state index contributed by atoms with van der Waals surface area (Å²) in [5.74, 6) is 0.489. The van der Waals surface area contributed by atoms with Gasteiger partial charge in [0, 0.05) is 5.56 Å². The lowest BCUT2D eigenvalue weighted by molar-refractivity contribution is 0.112. The molecule has 0 amide bonds. The van der Waals surface area contributed by atoms with Crippen LogP contribution in [0.4, 0.5) is 5.69 Å². The fraction of sp³-hybridized carbons (Fsp3) is 0.125. The third-order valence-corrected chi connectivity index (χ3v) is 1.48. The predicted octanol–water partition coefficient (Wildman–Crippen LogP) is 1.31. The Hall–Kier alpha value is -1.55. The van der Waals surface area contributed by atoms with E-state index in [1.165, 1.54) is 13.2 Å². The number of nitrogens with one attached hydrogen (secondary N) is 1. The van der Waals surface area contributed by atoms with E-state index in [2.05, 4.69) is 0 Å². The van der Waals surface area contributed by atoms with Gasteiger partial charge in [-0.05, 0) is 18.2 Å². The summed E-state index contributed by atoms with van der Waals surface area (Å²) in [6.07, 6.45) is 0.695. The first-order valence-corrected chi connectivity index (χ1v) is 3.35. The number of carbonyl (C=O) groups excluding carboxylic acids is 1. The van der Waals surface area contributed by atoms with Gasteiger partial charge in [0.15, 0.2) is 0 Å². The Morgan fingerprint density at radius 3 is 2.83 bits per heavy atom. The molecular weight excluding hydrogens is 158 g/mol. The molecular formula is C8H9NO3. The number of carbonyl (C=O) groups is 1. The maximum absolute atomic E-state index is 10.3. The van der Waals surface area contributed by atoms with Crippen LogP contribution in [0.25, 0.3) is 0 Å². The summed E-state index contributed by atoms with van der Waals surface area (Å²) >= 11 is 0. The largest absolute Gasteiger partial charge is 0.495 e. The van der Waals surface area contributed by atoms with Gasteiger partial charge in [0.05, 0.1) is 7.11 Å². The summed E-state index contributed by atoms with van der Waals surface area (Å²) in [7, 11) is 1.48. The van der Waals surface area contributed by atoms with Crippen molar-refractivity contribution >= 4 is 12.0 Å². The van der Waals surface area contributed by atoms with Crippen LogP contribution >= 0.6 is 0 Å². The average Bonchev–Trinajstić information content (AvgIpc) is 2.16. The molecule has 0 saturated carbocycles. The van der Waals surface area contributed by atoms with Crippen molar-refractivity contribution < 1.29 is 14.7 Å². The third-order valence-electron chi connectivity index (χ3n) is 1.48. The van der Waals surface area contributed by atoms with Gasteiger partial charge in [-0.25, -0.2) is 0 Å². The lowest BCUT2D eigenvalue weighted by atomic mass is 10.2. The van der Waals surface area contributed by atoms with Crippen LogP contribution < -0.4 is 10.2 Å². The molecule has 0 fully saturated rings. The highest BCUT2D eigenvalue weighted by atomic mass is 16.5. The van der Waals surface area contributed by atoms with E-state index < -0.39 is 0 Å². The normalized spacial score (nSPS) is 9.17. The molecule has 0 aromatic heterocycles. The third kappa shape index (κ3) is 1.54. The van der Waals surface area contributed by atoms with Gasteiger partial charge in [-0.15, -0.1) is 0 Å². The van der Waals surface area contributed by atoms with E-state index in [0.717, 1.165) is 0 Å². The minimum Gasteiger partial charge on any atom is -0.495 e. The Morgan fingerprint density at radius 2 is 2.33 bits per heavy atom. The standard InChI is InChI=1S/C8H9NO3/c1-12-8-3-2-6(5-10)4-7(8)9-11/h2-5,9,11H,1H3. The van der Waals surface area contributed by atoms with Gasteiger partial charge in [-0.1, -0.05) is 0 Å². The monoisotopic (exact) mass is 167 g/mol. The number of rotatable bonds is 3. The molecule has 12 heavy (non-hydrogen) atoms. The van der Waals surface area contributed by atoms with Crippen LogP contribution in [0.1, 0.15) is 10.4 Å². The number of hydrogen-bond acceptors (Lipinski definition) is 4. The van der Waals surface area contributed by atoms with Crippen LogP contribution in [0, 0.1) is 0 Å². The van der Waals surface area contributed by atoms with E-state index in [1.807, 2.05) is 5.48 Å². The molecule has 4 heteroatoms. The first-order chi connectivity index (χ1) is 5.81. The molecule has 0 aliphatic rings. The Bertz CT molecular complexity index is 286. The van der Waals surface area contributed by atoms with E-state index in [9.17, 15) is 4.79 Å². The summed E-state index contributed by atoms with van der Waals surface area (Å²) < 4.78 is 4.90. The van der Waals surface area contributed by atoms with Crippen molar-refractivity contribution in [1.29, 1.82) is 0 Å². The second-order valence-electron chi connectivity index (χ2n) is 2.19. The molecule has 0 spiro atoms. The van der Waals surface area contributed by atoms with E-state index in [1.54, 1.807) is 12.1 Å². The summed E-state index contributed by atoms with van der Waals surface area (Å²) in [4.78, 5) is 10.3. The molecule has 0 heterocycles. The Kier molecular flexibility index (Phi) is 2.66. The SMILES string of the molecule is COc1ccc(C=O)cc1NO. The highest BCUT2D eigenvalue weighted by Gasteiger charge is 2.01. The maximum atomic E-state index is 10.3. The molecule has 1 aromatic carbocycles. The molecule has 64 valence electrons. The summed E-state index contributed by atoms with van der Waals surface area (Å²) in [6, 6.07) is 4.70. The minimum atomic E-state index is 0.377. The van der Waals surface area contributed by atoms with Crippen molar-refractivity contribution in [2.75, 3.05) is 12.6 Å². The molecule has 0 radical (unpaired) electrons. The van der Waals surface area contributed by atoms with E-state index >= 15 is 0 Å². The van der Waals surface area contributed by atoms with Gasteiger partial charge < -0.3 is 4.74 Å². The fourth-order valence-electron chi connectivity index (χ4n) is 0.886. The Labute approximate surface area is 69.7 Å². The van der Waals surface area contributed by atoms with Crippen LogP contribution in [0.3, 0.4) is 0 Å². The second kappa shape index (κ2) is 3.73. The second-order valence-corrected chi connectivity index (χ2v) is 2.19. The molecule has 1 aromatic rings. The molecule has 0 bridgehead atoms. The molecule has 0 saturated heterocycles. The zero-order valence-corrected chi connectivity index (χ0v) is 6.57. The number of methoxy groups -OCH3 is 1. The lowest BCUT2D eigenvalue weighted by Crippen LogP contribution is -1.95. The summed E-state index contributed by atoms with van der Waals surface area (Å²) in [5.41, 5.74) is 2.79. The van der Waals surface area contributed by atoms with Crippen LogP contribution in [-0.2, 0) is 0 Å². The van der Waals surface area contributed by atoms with Crippen molar-refractivity contribution in [3.63, 3.8) is 0 Å². The Balaban J connectivity index is 3.10. The quantitative estimate of drug-likeness (QED) is 0.526. The number of anilines is 1. The van der Waals surface area contributed by atoms with Crippen LogP contribution in [-0.4, -0.2) is 18.6 Å². The molecule has 0 aliphatic carbocycles. The van der Waals surface area contributed by atoms with Crippen molar-refractivity contribution in [2.45, 2.75) is 0 Å². The zero-order valence-electron chi connectivity index (χ0n) is 6.57. The lowest BCUT2D eigenvalue weighted by Gasteiger charge is -2.06. The van der Waals surface area contributed by atoms with Crippen molar-refractivity contribution in [1.82, 2.24) is 0 Å². The topological polar surface area (TPSA) is 58.6 Å². The number of benzene rings is 1.